The van der Waals surface area contributed by atoms with E-state index in [0.717, 1.165) is 5.75 Å². The van der Waals surface area contributed by atoms with Crippen LogP contribution < -0.4 is 4.74 Å². The van der Waals surface area contributed by atoms with Crippen molar-refractivity contribution in [1.82, 2.24) is 0 Å². The van der Waals surface area contributed by atoms with Gasteiger partial charge in [-0.1, -0.05) is 11.8 Å². The first-order valence-corrected chi connectivity index (χ1v) is 7.51. The van der Waals surface area contributed by atoms with E-state index >= 15 is 0 Å². The molecule has 0 radical (unpaired) electrons. The van der Waals surface area contributed by atoms with Gasteiger partial charge in [0, 0.05) is 0 Å². The van der Waals surface area contributed by atoms with E-state index in [2.05, 4.69) is 12.5 Å². The van der Waals surface area contributed by atoms with Crippen molar-refractivity contribution in [2.45, 2.75) is 8.42 Å². The second-order valence-corrected chi connectivity index (χ2v) is 5.98. The van der Waals surface area contributed by atoms with Crippen molar-refractivity contribution in [3.05, 3.63) is 0 Å². The molecule has 1 heterocycles. The fourth-order valence-electron chi connectivity index (χ4n) is 0.655. The minimum absolute atomic E-state index is 1.06. The summed E-state index contributed by atoms with van der Waals surface area (Å²) in [4.78, 5) is 0. The fraction of sp³-hybridized carbons (Fsp3) is 0.500. The third-order valence-corrected chi connectivity index (χ3v) is 6.39. The van der Waals surface area contributed by atoms with Crippen LogP contribution in [0.25, 0.3) is 0 Å². The topological polar surface area (TPSA) is 9.23 Å². The summed E-state index contributed by atoms with van der Waals surface area (Å²) in [5.41, 5.74) is 0. The van der Waals surface area contributed by atoms with Gasteiger partial charge in [0.05, 0.1) is 7.11 Å². The molecule has 0 aliphatic rings. The van der Waals surface area contributed by atoms with Crippen LogP contribution in [0.2, 0.25) is 0 Å². The lowest BCUT2D eigenvalue weighted by molar-refractivity contribution is 0.400. The number of hydrogen-bond acceptors (Lipinski definition) is 4. The van der Waals surface area contributed by atoms with Gasteiger partial charge in [0.25, 0.3) is 0 Å². The molecule has 0 aliphatic carbocycles. The van der Waals surface area contributed by atoms with Crippen molar-refractivity contribution in [2.75, 3.05) is 19.6 Å². The minimum atomic E-state index is 1.06. The molecule has 1 aromatic rings. The van der Waals surface area contributed by atoms with Crippen LogP contribution in [0.3, 0.4) is 0 Å². The van der Waals surface area contributed by atoms with E-state index in [0.29, 0.717) is 0 Å². The predicted octanol–water partition coefficient (Wildman–Crippen LogP) is 3.54. The van der Waals surface area contributed by atoms with Crippen molar-refractivity contribution in [1.29, 1.82) is 0 Å². The number of rotatable bonds is 3. The molecule has 0 aliphatic heterocycles. The first-order chi connectivity index (χ1) is 5.33. The van der Waals surface area contributed by atoms with Crippen molar-refractivity contribution in [3.63, 3.8) is 0 Å². The number of methoxy groups -OCH3 is 1. The van der Waals surface area contributed by atoms with Crippen LogP contribution in [-0.2, 0) is 0 Å². The molecule has 0 amide bonds. The monoisotopic (exact) mass is 225 g/mol. The zero-order chi connectivity index (χ0) is 8.27. The van der Waals surface area contributed by atoms with Gasteiger partial charge in [-0.2, -0.15) is 0 Å². The Morgan fingerprint density at radius 1 is 1.36 bits per heavy atom. The zero-order valence-electron chi connectivity index (χ0n) is 6.54. The predicted molar refractivity (Wildman–Crippen MR) is 56.7 cm³/mol. The Balaban J connectivity index is 2.99. The molecule has 0 bridgehead atoms. The molecule has 1 rings (SSSR count). The molecule has 0 aromatic carbocycles. The summed E-state index contributed by atoms with van der Waals surface area (Å²) in [5.74, 6) is 1.06. The van der Waals surface area contributed by atoms with Gasteiger partial charge in [-0.05, 0) is 12.5 Å². The number of ether oxygens (including phenoxy) is 1. The van der Waals surface area contributed by atoms with Crippen molar-refractivity contribution < 1.29 is 4.74 Å². The minimum Gasteiger partial charge on any atom is -0.489 e. The number of thioether (sulfide) groups is 2. The maximum absolute atomic E-state index is 5.28. The van der Waals surface area contributed by atoms with Gasteiger partial charge in [0.15, 0.2) is 14.5 Å². The van der Waals surface area contributed by atoms with Crippen LogP contribution in [-0.4, -0.2) is 19.6 Å². The second-order valence-electron chi connectivity index (χ2n) is 1.68. The maximum Gasteiger partial charge on any atom is 0.324 e. The second kappa shape index (κ2) is 4.54. The smallest absolute Gasteiger partial charge is 0.324 e. The molecule has 0 N–H and O–H groups in total. The zero-order valence-corrected chi connectivity index (χ0v) is 9.81. The first kappa shape index (κ1) is 9.64. The Morgan fingerprint density at radius 2 is 2.09 bits per heavy atom. The summed E-state index contributed by atoms with van der Waals surface area (Å²) >= 11 is 3.49. The summed E-state index contributed by atoms with van der Waals surface area (Å²) in [5, 5.41) is 0. The van der Waals surface area contributed by atoms with E-state index in [1.807, 2.05) is 0 Å². The summed E-state index contributed by atoms with van der Waals surface area (Å²) in [7, 11) is 5.30. The van der Waals surface area contributed by atoms with Gasteiger partial charge in [-0.3, -0.25) is 0 Å². The molecule has 11 heavy (non-hydrogen) atoms. The normalized spacial score (nSPS) is 10.1. The summed E-state index contributed by atoms with van der Waals surface area (Å²) in [6, 6.07) is 0. The number of hydrogen-bond donors (Lipinski definition) is 0. The highest BCUT2D eigenvalue weighted by Crippen LogP contribution is 2.45. The van der Waals surface area contributed by atoms with E-state index in [4.69, 9.17) is 4.74 Å². The molecule has 1 nitrogen and oxygen atoms in total. The van der Waals surface area contributed by atoms with Crippen molar-refractivity contribution in [2.24, 2.45) is 0 Å². The quantitative estimate of drug-likeness (QED) is 0.442. The van der Waals surface area contributed by atoms with E-state index in [-0.39, 0.29) is 0 Å². The first-order valence-electron chi connectivity index (χ1n) is 2.91. The molecule has 0 atom stereocenters. The van der Waals surface area contributed by atoms with Crippen LogP contribution in [0, 0.1) is 0 Å². The van der Waals surface area contributed by atoms with Crippen LogP contribution in [0.4, 0.5) is 0 Å². The van der Waals surface area contributed by atoms with E-state index < -0.39 is 0 Å². The Morgan fingerprint density at radius 3 is 2.55 bits per heavy atom. The van der Waals surface area contributed by atoms with Crippen molar-refractivity contribution >= 4 is 44.2 Å². The van der Waals surface area contributed by atoms with Crippen LogP contribution in [0.1, 0.15) is 0 Å². The highest BCUT2D eigenvalue weighted by Gasteiger charge is 2.23. The van der Waals surface area contributed by atoms with E-state index in [1.54, 1.807) is 51.3 Å². The van der Waals surface area contributed by atoms with Gasteiger partial charge in [-0.25, -0.2) is 0 Å². The third-order valence-electron chi connectivity index (χ3n) is 1.14. The molecule has 0 saturated carbocycles. The molecule has 0 spiro atoms. The maximum atomic E-state index is 5.28. The summed E-state index contributed by atoms with van der Waals surface area (Å²) in [6.07, 6.45) is 4.15. The molecular weight excluding hydrogens is 216 g/mol. The largest absolute Gasteiger partial charge is 0.489 e. The van der Waals surface area contributed by atoms with Gasteiger partial charge in [-0.15, -0.1) is 11.8 Å². The standard InChI is InChI=1S/C6H9OS4/c1-7-4-5(8-2)10-11-6(4)9-3/h1-3H3/q+1. The molecule has 0 fully saturated rings. The van der Waals surface area contributed by atoms with Gasteiger partial charge < -0.3 is 4.74 Å². The van der Waals surface area contributed by atoms with Gasteiger partial charge in [0.2, 0.25) is 5.75 Å². The Hall–Kier alpha value is 0.550. The highest BCUT2D eigenvalue weighted by atomic mass is 32.9. The average Bonchev–Trinajstić information content (AvgIpc) is 2.45. The van der Waals surface area contributed by atoms with Crippen LogP contribution in [0.5, 0.6) is 5.75 Å². The van der Waals surface area contributed by atoms with E-state index in [9.17, 15) is 0 Å². The molecule has 1 aromatic heterocycles. The Kier molecular flexibility index (Phi) is 3.98. The summed E-state index contributed by atoms with van der Waals surface area (Å²) in [6.45, 7) is 0. The van der Waals surface area contributed by atoms with Crippen LogP contribution in [0.15, 0.2) is 8.42 Å². The molecule has 0 unspecified atom stereocenters. The molecule has 5 heteroatoms. The lowest BCUT2D eigenvalue weighted by atomic mass is 10.7. The Labute approximate surface area is 82.6 Å². The lowest BCUT2D eigenvalue weighted by Gasteiger charge is -1.94. The molecule has 62 valence electrons. The summed E-state index contributed by atoms with van der Waals surface area (Å²) < 4.78 is 7.84. The van der Waals surface area contributed by atoms with Crippen LogP contribution >= 0.6 is 44.2 Å². The third kappa shape index (κ3) is 2.02. The SMILES string of the molecule is COc1c(SC)s[s+]c1SC. The molecule has 0 saturated heterocycles. The highest BCUT2D eigenvalue weighted by molar-refractivity contribution is 8.05. The van der Waals surface area contributed by atoms with Crippen molar-refractivity contribution in [3.8, 4) is 5.75 Å². The lowest BCUT2D eigenvalue weighted by Crippen LogP contribution is -1.81. The Bertz CT molecular complexity index is 211. The van der Waals surface area contributed by atoms with E-state index in [1.165, 1.54) is 8.42 Å². The molecular formula is C6H9OS4+. The van der Waals surface area contributed by atoms with Gasteiger partial charge >= 0.3 is 14.5 Å². The fourth-order valence-corrected chi connectivity index (χ4v) is 5.62. The average molecular weight is 225 g/mol. The van der Waals surface area contributed by atoms with Gasteiger partial charge in [0.1, 0.15) is 0 Å².